The van der Waals surface area contributed by atoms with Crippen molar-refractivity contribution in [1.29, 1.82) is 0 Å². The number of rotatable bonds is 7. The van der Waals surface area contributed by atoms with Gasteiger partial charge in [-0.3, -0.25) is 9.59 Å². The second-order valence-corrected chi connectivity index (χ2v) is 11.0. The van der Waals surface area contributed by atoms with Crippen LogP contribution < -0.4 is 5.32 Å². The number of anilines is 1. The minimum absolute atomic E-state index is 0.0813. The number of carbonyl (C=O) groups excluding carboxylic acids is 2. The van der Waals surface area contributed by atoms with Crippen molar-refractivity contribution in [3.05, 3.63) is 75.4 Å². The van der Waals surface area contributed by atoms with Crippen molar-refractivity contribution in [3.8, 4) is 5.69 Å². The van der Waals surface area contributed by atoms with Gasteiger partial charge in [-0.1, -0.05) is 80.3 Å². The molecule has 34 heavy (non-hydrogen) atoms. The molecule has 0 spiro atoms. The van der Waals surface area contributed by atoms with Crippen molar-refractivity contribution in [2.24, 2.45) is 5.92 Å². The summed E-state index contributed by atoms with van der Waals surface area (Å²) in [6, 6.07) is 16.4. The lowest BCUT2D eigenvalue weighted by Gasteiger charge is -2.24. The second kappa shape index (κ2) is 10.7. The Balaban J connectivity index is 1.89. The molecule has 3 rings (SSSR count). The Labute approximate surface area is 214 Å². The predicted octanol–water partition coefficient (Wildman–Crippen LogP) is 6.32. The molecule has 1 aromatic heterocycles. The lowest BCUT2D eigenvalue weighted by Crippen LogP contribution is -2.40. The molecule has 1 N–H and O–H groups in total. The van der Waals surface area contributed by atoms with Crippen molar-refractivity contribution in [2.45, 2.75) is 40.0 Å². The highest BCUT2D eigenvalue weighted by atomic mass is 79.9. The predicted molar refractivity (Wildman–Crippen MR) is 141 cm³/mol. The molecule has 0 aliphatic heterocycles. The fraction of sp³-hybridized carbons (Fsp3) is 0.346. The lowest BCUT2D eigenvalue weighted by molar-refractivity contribution is -0.117. The highest BCUT2D eigenvalue weighted by molar-refractivity contribution is 9.10. The Morgan fingerprint density at radius 3 is 2.44 bits per heavy atom. The van der Waals surface area contributed by atoms with Crippen molar-refractivity contribution >= 4 is 45.2 Å². The minimum atomic E-state index is -0.308. The first kappa shape index (κ1) is 26.0. The zero-order chi connectivity index (χ0) is 25.0. The Hall–Kier alpha value is -2.64. The summed E-state index contributed by atoms with van der Waals surface area (Å²) in [6.07, 6.45) is 0. The van der Waals surface area contributed by atoms with E-state index in [2.05, 4.69) is 42.0 Å². The second-order valence-electron chi connectivity index (χ2n) is 9.67. The van der Waals surface area contributed by atoms with Crippen LogP contribution in [0, 0.1) is 5.92 Å². The number of halogens is 2. The molecule has 0 aliphatic rings. The number of aromatic nitrogens is 2. The summed E-state index contributed by atoms with van der Waals surface area (Å²) in [5, 5.41) is 8.19. The molecule has 0 fully saturated rings. The number of nitrogens with zero attached hydrogens (tertiary/aromatic N) is 3. The Kier molecular flexibility index (Phi) is 8.21. The third-order valence-corrected chi connectivity index (χ3v) is 5.92. The van der Waals surface area contributed by atoms with E-state index in [4.69, 9.17) is 16.7 Å². The number of amides is 2. The zero-order valence-electron chi connectivity index (χ0n) is 20.1. The maximum Gasteiger partial charge on any atom is 0.254 e. The fourth-order valence-corrected chi connectivity index (χ4v) is 4.08. The summed E-state index contributed by atoms with van der Waals surface area (Å²) in [4.78, 5) is 27.9. The summed E-state index contributed by atoms with van der Waals surface area (Å²) in [7, 11) is 0. The maximum atomic E-state index is 13.2. The molecule has 6 nitrogen and oxygen atoms in total. The molecule has 0 saturated carbocycles. The standard InChI is InChI=1S/C26H30BrClN4O2/c1-17(2)15-31(25(34)18-9-8-10-19(27)13-18)16-24(33)29-23-14-22(26(3,4)5)30-32(23)21-12-7-6-11-20(21)28/h6-14,17H,15-16H2,1-5H3,(H,29,33). The van der Waals surface area contributed by atoms with Gasteiger partial charge >= 0.3 is 0 Å². The van der Waals surface area contributed by atoms with E-state index in [1.165, 1.54) is 0 Å². The van der Waals surface area contributed by atoms with Crippen LogP contribution in [0.1, 0.15) is 50.7 Å². The highest BCUT2D eigenvalue weighted by Gasteiger charge is 2.24. The fourth-order valence-electron chi connectivity index (χ4n) is 3.46. The van der Waals surface area contributed by atoms with Crippen molar-refractivity contribution in [3.63, 3.8) is 0 Å². The van der Waals surface area contributed by atoms with E-state index in [-0.39, 0.29) is 29.7 Å². The van der Waals surface area contributed by atoms with Crippen molar-refractivity contribution in [2.75, 3.05) is 18.4 Å². The van der Waals surface area contributed by atoms with Crippen LogP contribution >= 0.6 is 27.5 Å². The molecular formula is C26H30BrClN4O2. The van der Waals surface area contributed by atoms with Crippen molar-refractivity contribution in [1.82, 2.24) is 14.7 Å². The first-order valence-corrected chi connectivity index (χ1v) is 12.3. The van der Waals surface area contributed by atoms with Gasteiger partial charge in [-0.15, -0.1) is 0 Å². The van der Waals surface area contributed by atoms with Crippen LogP contribution in [-0.4, -0.2) is 39.6 Å². The molecule has 0 unspecified atom stereocenters. The Morgan fingerprint density at radius 2 is 1.82 bits per heavy atom. The van der Waals surface area contributed by atoms with E-state index >= 15 is 0 Å². The van der Waals surface area contributed by atoms with Gasteiger partial charge in [0, 0.05) is 28.1 Å². The van der Waals surface area contributed by atoms with Gasteiger partial charge in [-0.05, 0) is 36.2 Å². The first-order valence-electron chi connectivity index (χ1n) is 11.2. The minimum Gasteiger partial charge on any atom is -0.329 e. The molecule has 0 radical (unpaired) electrons. The normalized spacial score (nSPS) is 11.5. The van der Waals surface area contributed by atoms with Crippen molar-refractivity contribution < 1.29 is 9.59 Å². The number of benzene rings is 2. The number of hydrogen-bond acceptors (Lipinski definition) is 3. The zero-order valence-corrected chi connectivity index (χ0v) is 22.4. The SMILES string of the molecule is CC(C)CN(CC(=O)Nc1cc(C(C)(C)C)nn1-c1ccccc1Cl)C(=O)c1cccc(Br)c1. The van der Waals surface area contributed by atoms with Gasteiger partial charge in [0.1, 0.15) is 12.4 Å². The van der Waals surface area contributed by atoms with E-state index in [0.29, 0.717) is 28.6 Å². The van der Waals surface area contributed by atoms with E-state index in [9.17, 15) is 9.59 Å². The number of nitrogens with one attached hydrogen (secondary N) is 1. The smallest absolute Gasteiger partial charge is 0.254 e. The molecule has 2 amide bonds. The molecule has 0 aliphatic carbocycles. The first-order chi connectivity index (χ1) is 16.0. The quantitative estimate of drug-likeness (QED) is 0.378. The van der Waals surface area contributed by atoms with Crippen LogP contribution in [0.5, 0.6) is 0 Å². The molecule has 1 heterocycles. The molecule has 2 aromatic carbocycles. The third-order valence-electron chi connectivity index (χ3n) is 5.10. The maximum absolute atomic E-state index is 13.2. The Bertz CT molecular complexity index is 1180. The molecule has 0 saturated heterocycles. The highest BCUT2D eigenvalue weighted by Crippen LogP contribution is 2.29. The van der Waals surface area contributed by atoms with E-state index < -0.39 is 0 Å². The van der Waals surface area contributed by atoms with Crippen LogP contribution in [0.3, 0.4) is 0 Å². The monoisotopic (exact) mass is 544 g/mol. The molecule has 3 aromatic rings. The topological polar surface area (TPSA) is 67.2 Å². The summed E-state index contributed by atoms with van der Waals surface area (Å²) < 4.78 is 2.45. The van der Waals surface area contributed by atoms with E-state index in [1.807, 2.05) is 44.2 Å². The van der Waals surface area contributed by atoms with Gasteiger partial charge in [-0.25, -0.2) is 4.68 Å². The number of hydrogen-bond donors (Lipinski definition) is 1. The van der Waals surface area contributed by atoms with Crippen LogP contribution in [0.4, 0.5) is 5.82 Å². The van der Waals surface area contributed by atoms with Crippen LogP contribution in [0.25, 0.3) is 5.69 Å². The summed E-state index contributed by atoms with van der Waals surface area (Å²) in [5.74, 6) is 0.199. The van der Waals surface area contributed by atoms with Gasteiger partial charge in [-0.2, -0.15) is 5.10 Å². The lowest BCUT2D eigenvalue weighted by atomic mass is 9.92. The molecule has 0 atom stereocenters. The van der Waals surface area contributed by atoms with Gasteiger partial charge in [0.25, 0.3) is 5.91 Å². The number of para-hydroxylation sites is 1. The average Bonchev–Trinajstić information content (AvgIpc) is 3.16. The summed E-state index contributed by atoms with van der Waals surface area (Å²) >= 11 is 9.83. The molecule has 0 bridgehead atoms. The van der Waals surface area contributed by atoms with Crippen LogP contribution in [0.15, 0.2) is 59.1 Å². The third kappa shape index (κ3) is 6.48. The van der Waals surface area contributed by atoms with Crippen LogP contribution in [-0.2, 0) is 10.2 Å². The van der Waals surface area contributed by atoms with Crippen LogP contribution in [0.2, 0.25) is 5.02 Å². The van der Waals surface area contributed by atoms with E-state index in [1.54, 1.807) is 33.8 Å². The molecular weight excluding hydrogens is 516 g/mol. The van der Waals surface area contributed by atoms with Gasteiger partial charge in [0.2, 0.25) is 5.91 Å². The molecule has 180 valence electrons. The van der Waals surface area contributed by atoms with Gasteiger partial charge in [0.15, 0.2) is 0 Å². The Morgan fingerprint density at radius 1 is 1.12 bits per heavy atom. The number of carbonyl (C=O) groups is 2. The van der Waals surface area contributed by atoms with Gasteiger partial charge < -0.3 is 10.2 Å². The largest absolute Gasteiger partial charge is 0.329 e. The average molecular weight is 546 g/mol. The van der Waals surface area contributed by atoms with E-state index in [0.717, 1.165) is 10.2 Å². The van der Waals surface area contributed by atoms with Gasteiger partial charge in [0.05, 0.1) is 16.4 Å². The summed E-state index contributed by atoms with van der Waals surface area (Å²) in [6.45, 7) is 10.6. The summed E-state index contributed by atoms with van der Waals surface area (Å²) in [5.41, 5.74) is 1.77. The molecule has 8 heteroatoms.